The minimum atomic E-state index is -0.485. The first-order chi connectivity index (χ1) is 9.67. The van der Waals surface area contributed by atoms with Gasteiger partial charge in [-0.15, -0.1) is 0 Å². The van der Waals surface area contributed by atoms with E-state index in [0.717, 1.165) is 0 Å². The monoisotopic (exact) mass is 277 g/mol. The summed E-state index contributed by atoms with van der Waals surface area (Å²) in [5, 5.41) is 14.8. The topological polar surface area (TPSA) is 86.5 Å². The highest BCUT2D eigenvalue weighted by molar-refractivity contribution is 5.95. The summed E-state index contributed by atoms with van der Waals surface area (Å²) in [6, 6.07) is 7.22. The van der Waals surface area contributed by atoms with Gasteiger partial charge in [-0.3, -0.25) is 10.1 Å². The summed E-state index contributed by atoms with van der Waals surface area (Å²) in [6.45, 7) is 0.293. The van der Waals surface area contributed by atoms with Crippen LogP contribution < -0.4 is 5.32 Å². The van der Waals surface area contributed by atoms with Crippen LogP contribution in [0.1, 0.15) is 0 Å². The third-order valence-electron chi connectivity index (χ3n) is 2.92. The quantitative estimate of drug-likeness (QED) is 0.494. The number of nitrogens with zero attached hydrogens (tertiary/aromatic N) is 2. The Morgan fingerprint density at radius 1 is 1.35 bits per heavy atom. The molecule has 0 aliphatic rings. The zero-order chi connectivity index (χ0) is 14.5. The van der Waals surface area contributed by atoms with Crippen molar-refractivity contribution in [1.29, 1.82) is 0 Å². The zero-order valence-corrected chi connectivity index (χ0v) is 11.2. The number of ether oxygens (including phenoxy) is 2. The molecule has 2 aromatic rings. The van der Waals surface area contributed by atoms with Gasteiger partial charge < -0.3 is 14.8 Å². The molecule has 0 bridgehead atoms. The highest BCUT2D eigenvalue weighted by Crippen LogP contribution is 2.31. The number of methoxy groups -OCH3 is 2. The molecule has 0 saturated heterocycles. The Labute approximate surface area is 115 Å². The fourth-order valence-electron chi connectivity index (χ4n) is 1.90. The predicted molar refractivity (Wildman–Crippen MR) is 74.7 cm³/mol. The van der Waals surface area contributed by atoms with Crippen LogP contribution >= 0.6 is 0 Å². The molecule has 0 unspecified atom stereocenters. The first-order valence-electron chi connectivity index (χ1n) is 5.99. The second-order valence-corrected chi connectivity index (χ2v) is 4.07. The number of para-hydroxylation sites is 1. The van der Waals surface area contributed by atoms with Crippen LogP contribution in [0.5, 0.6) is 0 Å². The van der Waals surface area contributed by atoms with Crippen molar-refractivity contribution in [1.82, 2.24) is 4.98 Å². The van der Waals surface area contributed by atoms with Crippen molar-refractivity contribution in [2.24, 2.45) is 0 Å². The van der Waals surface area contributed by atoms with Gasteiger partial charge in [0, 0.05) is 19.6 Å². The molecule has 20 heavy (non-hydrogen) atoms. The van der Waals surface area contributed by atoms with Crippen molar-refractivity contribution in [3.8, 4) is 0 Å². The van der Waals surface area contributed by atoms with Crippen LogP contribution in [0.4, 0.5) is 11.4 Å². The van der Waals surface area contributed by atoms with Crippen LogP contribution in [0.2, 0.25) is 0 Å². The molecule has 0 amide bonds. The fourth-order valence-corrected chi connectivity index (χ4v) is 1.90. The Morgan fingerprint density at radius 2 is 2.05 bits per heavy atom. The smallest absolute Gasteiger partial charge is 0.311 e. The zero-order valence-electron chi connectivity index (χ0n) is 11.2. The van der Waals surface area contributed by atoms with E-state index >= 15 is 0 Å². The maximum atomic E-state index is 11.1. The molecule has 2 rings (SSSR count). The average molecular weight is 277 g/mol. The first kappa shape index (κ1) is 14.2. The lowest BCUT2D eigenvalue weighted by atomic mass is 10.1. The fraction of sp³-hybridized carbons (Fsp3) is 0.308. The molecule has 0 aliphatic carbocycles. The van der Waals surface area contributed by atoms with Gasteiger partial charge in [0.2, 0.25) is 0 Å². The number of aromatic nitrogens is 1. The summed E-state index contributed by atoms with van der Waals surface area (Å²) in [5.41, 5.74) is 1.03. The highest BCUT2D eigenvalue weighted by Gasteiger charge is 2.18. The van der Waals surface area contributed by atoms with Gasteiger partial charge in [0.25, 0.3) is 0 Å². The molecular weight excluding hydrogens is 262 g/mol. The SMILES string of the molecule is COC(CNc1c([N+](=O)[O-])cnc2ccccc12)OC. The van der Waals surface area contributed by atoms with Gasteiger partial charge in [0.1, 0.15) is 11.9 Å². The van der Waals surface area contributed by atoms with Crippen LogP contribution in [-0.2, 0) is 9.47 Å². The molecule has 106 valence electrons. The van der Waals surface area contributed by atoms with Gasteiger partial charge in [-0.2, -0.15) is 0 Å². The first-order valence-corrected chi connectivity index (χ1v) is 5.99. The molecule has 1 aromatic carbocycles. The van der Waals surface area contributed by atoms with E-state index in [-0.39, 0.29) is 5.69 Å². The lowest BCUT2D eigenvalue weighted by Crippen LogP contribution is -2.24. The van der Waals surface area contributed by atoms with E-state index in [1.807, 2.05) is 12.1 Å². The van der Waals surface area contributed by atoms with Gasteiger partial charge in [-0.05, 0) is 6.07 Å². The summed E-state index contributed by atoms with van der Waals surface area (Å²) in [5.74, 6) is 0. The Hall–Kier alpha value is -2.25. The standard InChI is InChI=1S/C13H15N3O4/c1-19-12(20-2)8-15-13-9-5-3-4-6-10(9)14-7-11(13)16(17)18/h3-7,12H,8H2,1-2H3,(H,14,15). The maximum absolute atomic E-state index is 11.1. The number of pyridine rings is 1. The summed E-state index contributed by atoms with van der Waals surface area (Å²) >= 11 is 0. The molecule has 0 saturated carbocycles. The minimum Gasteiger partial charge on any atom is -0.374 e. The molecule has 0 fully saturated rings. The summed E-state index contributed by atoms with van der Waals surface area (Å²) in [4.78, 5) is 14.7. The third kappa shape index (κ3) is 2.84. The summed E-state index contributed by atoms with van der Waals surface area (Å²) < 4.78 is 10.1. The van der Waals surface area contributed by atoms with Crippen molar-refractivity contribution in [2.45, 2.75) is 6.29 Å². The number of nitrogens with one attached hydrogen (secondary N) is 1. The largest absolute Gasteiger partial charge is 0.374 e. The maximum Gasteiger partial charge on any atom is 0.311 e. The van der Waals surface area contributed by atoms with Crippen molar-refractivity contribution in [3.05, 3.63) is 40.6 Å². The number of anilines is 1. The Bertz CT molecular complexity index is 614. The number of hydrogen-bond acceptors (Lipinski definition) is 6. The van der Waals surface area contributed by atoms with E-state index in [4.69, 9.17) is 9.47 Å². The van der Waals surface area contributed by atoms with Crippen LogP contribution in [0.3, 0.4) is 0 Å². The van der Waals surface area contributed by atoms with E-state index in [0.29, 0.717) is 23.1 Å². The molecule has 0 spiro atoms. The van der Waals surface area contributed by atoms with E-state index in [9.17, 15) is 10.1 Å². The molecular formula is C13H15N3O4. The molecule has 1 heterocycles. The van der Waals surface area contributed by atoms with Crippen molar-refractivity contribution >= 4 is 22.3 Å². The van der Waals surface area contributed by atoms with Gasteiger partial charge in [-0.25, -0.2) is 4.98 Å². The molecule has 1 N–H and O–H groups in total. The van der Waals surface area contributed by atoms with Gasteiger partial charge in [-0.1, -0.05) is 18.2 Å². The summed E-state index contributed by atoms with van der Waals surface area (Å²) in [6.07, 6.45) is 0.765. The predicted octanol–water partition coefficient (Wildman–Crippen LogP) is 2.17. The van der Waals surface area contributed by atoms with E-state index < -0.39 is 11.2 Å². The summed E-state index contributed by atoms with van der Waals surface area (Å²) in [7, 11) is 3.02. The highest BCUT2D eigenvalue weighted by atomic mass is 16.7. The van der Waals surface area contributed by atoms with Crippen molar-refractivity contribution < 1.29 is 14.4 Å². The molecule has 0 aliphatic heterocycles. The number of benzene rings is 1. The van der Waals surface area contributed by atoms with E-state index in [1.165, 1.54) is 20.4 Å². The van der Waals surface area contributed by atoms with Crippen LogP contribution in [0, 0.1) is 10.1 Å². The normalized spacial score (nSPS) is 10.9. The van der Waals surface area contributed by atoms with Crippen molar-refractivity contribution in [2.75, 3.05) is 26.1 Å². The molecule has 0 radical (unpaired) electrons. The molecule has 7 nitrogen and oxygen atoms in total. The van der Waals surface area contributed by atoms with Crippen molar-refractivity contribution in [3.63, 3.8) is 0 Å². The number of hydrogen-bond donors (Lipinski definition) is 1. The number of nitro groups is 1. The molecule has 0 atom stereocenters. The van der Waals surface area contributed by atoms with E-state index in [2.05, 4.69) is 10.3 Å². The Kier molecular flexibility index (Phi) is 4.44. The van der Waals surface area contributed by atoms with Crippen LogP contribution in [-0.4, -0.2) is 37.0 Å². The lowest BCUT2D eigenvalue weighted by molar-refractivity contribution is -0.384. The average Bonchev–Trinajstić information content (AvgIpc) is 2.47. The molecule has 1 aromatic heterocycles. The minimum absolute atomic E-state index is 0.0744. The van der Waals surface area contributed by atoms with Gasteiger partial charge in [0.15, 0.2) is 6.29 Å². The second-order valence-electron chi connectivity index (χ2n) is 4.07. The number of fused-ring (bicyclic) bond motifs is 1. The molecule has 7 heteroatoms. The van der Waals surface area contributed by atoms with Gasteiger partial charge >= 0.3 is 5.69 Å². The Morgan fingerprint density at radius 3 is 2.70 bits per heavy atom. The Balaban J connectivity index is 2.42. The lowest BCUT2D eigenvalue weighted by Gasteiger charge is -2.15. The second kappa shape index (κ2) is 6.27. The van der Waals surface area contributed by atoms with Gasteiger partial charge in [0.05, 0.1) is 17.0 Å². The van der Waals surface area contributed by atoms with Crippen LogP contribution in [0.25, 0.3) is 10.9 Å². The number of rotatable bonds is 6. The van der Waals surface area contributed by atoms with Crippen LogP contribution in [0.15, 0.2) is 30.5 Å². The third-order valence-corrected chi connectivity index (χ3v) is 2.92. The van der Waals surface area contributed by atoms with E-state index in [1.54, 1.807) is 12.1 Å².